The average molecular weight is 534 g/mol. The van der Waals surface area contributed by atoms with Gasteiger partial charge >= 0.3 is 0 Å². The van der Waals surface area contributed by atoms with E-state index in [2.05, 4.69) is 82.8 Å². The molecule has 8 rings (SSSR count). The quantitative estimate of drug-likeness (QED) is 0.227. The Kier molecular flexibility index (Phi) is 5.15. The summed E-state index contributed by atoms with van der Waals surface area (Å²) in [5, 5.41) is 6.50. The van der Waals surface area contributed by atoms with Gasteiger partial charge in [0, 0.05) is 27.3 Å². The number of fused-ring (bicyclic) bond motifs is 6. The van der Waals surface area contributed by atoms with Crippen LogP contribution in [0.25, 0.3) is 77.4 Å². The summed E-state index contributed by atoms with van der Waals surface area (Å²) < 4.78 is 6.38. The van der Waals surface area contributed by atoms with Crippen molar-refractivity contribution in [3.05, 3.63) is 127 Å². The van der Waals surface area contributed by atoms with Crippen LogP contribution in [-0.2, 0) is 0 Å². The first kappa shape index (κ1) is 22.9. The van der Waals surface area contributed by atoms with Gasteiger partial charge in [-0.1, -0.05) is 109 Å². The molecule has 0 unspecified atom stereocenters. The minimum atomic E-state index is 0.145. The second kappa shape index (κ2) is 9.01. The number of aromatic nitrogens is 3. The molecule has 4 nitrogen and oxygen atoms in total. The Bertz CT molecular complexity index is 2240. The number of hydrogen-bond acceptors (Lipinski definition) is 4. The molecule has 0 bridgehead atoms. The highest BCUT2D eigenvalue weighted by molar-refractivity contribution is 6.28. The first-order valence-electron chi connectivity index (χ1n) is 13.1. The number of hydrogen-bond donors (Lipinski definition) is 0. The molecule has 2 aromatic heterocycles. The summed E-state index contributed by atoms with van der Waals surface area (Å²) in [5.74, 6) is 1.04. The molecule has 188 valence electrons. The monoisotopic (exact) mass is 533 g/mol. The van der Waals surface area contributed by atoms with Gasteiger partial charge in [0.2, 0.25) is 5.28 Å². The van der Waals surface area contributed by atoms with Crippen molar-refractivity contribution in [3.8, 4) is 33.9 Å². The average Bonchev–Trinajstić information content (AvgIpc) is 3.40. The highest BCUT2D eigenvalue weighted by Crippen LogP contribution is 2.39. The summed E-state index contributed by atoms with van der Waals surface area (Å²) in [7, 11) is 0. The van der Waals surface area contributed by atoms with E-state index in [0.717, 1.165) is 65.7 Å². The van der Waals surface area contributed by atoms with Gasteiger partial charge < -0.3 is 4.42 Å². The highest BCUT2D eigenvalue weighted by Gasteiger charge is 2.19. The van der Waals surface area contributed by atoms with Crippen molar-refractivity contribution in [3.63, 3.8) is 0 Å². The van der Waals surface area contributed by atoms with Crippen molar-refractivity contribution >= 4 is 55.1 Å². The predicted molar refractivity (Wildman–Crippen MR) is 163 cm³/mol. The van der Waals surface area contributed by atoms with E-state index in [-0.39, 0.29) is 5.28 Å². The third kappa shape index (κ3) is 3.58. The van der Waals surface area contributed by atoms with Crippen LogP contribution in [0, 0.1) is 0 Å². The van der Waals surface area contributed by atoms with Gasteiger partial charge in [0.15, 0.2) is 11.6 Å². The lowest BCUT2D eigenvalue weighted by Gasteiger charge is -2.11. The van der Waals surface area contributed by atoms with Crippen LogP contribution in [0.5, 0.6) is 0 Å². The van der Waals surface area contributed by atoms with Crippen LogP contribution in [-0.4, -0.2) is 15.0 Å². The Hall–Kier alpha value is -5.06. The molecule has 0 saturated carbocycles. The Morgan fingerprint density at radius 1 is 0.475 bits per heavy atom. The van der Waals surface area contributed by atoms with Gasteiger partial charge in [0.25, 0.3) is 0 Å². The maximum Gasteiger partial charge on any atom is 0.226 e. The third-order valence-corrected chi connectivity index (χ3v) is 7.65. The molecule has 2 heterocycles. The molecule has 0 N–H and O–H groups in total. The number of rotatable bonds is 3. The molecule has 0 atom stereocenters. The van der Waals surface area contributed by atoms with E-state index >= 15 is 0 Å². The Balaban J connectivity index is 1.35. The lowest BCUT2D eigenvalue weighted by molar-refractivity contribution is 0.672. The van der Waals surface area contributed by atoms with E-state index in [0.29, 0.717) is 11.6 Å². The molecule has 0 radical (unpaired) electrons. The fourth-order valence-electron chi connectivity index (χ4n) is 5.71. The van der Waals surface area contributed by atoms with E-state index in [4.69, 9.17) is 21.0 Å². The molecule has 0 saturated heterocycles. The molecule has 8 aromatic rings. The molecular weight excluding hydrogens is 514 g/mol. The standard InChI is InChI=1S/C35H20ClN3O/c36-35-38-33(27-16-7-14-25-23(13-6-15-26(25)27)21-9-2-1-3-10-21)37-34(39-35)29-17-8-18-30-31(29)28-20-19-22-11-4-5-12-24(22)32(28)40-30/h1-20H. The molecule has 0 amide bonds. The maximum absolute atomic E-state index is 6.56. The number of benzene rings is 6. The van der Waals surface area contributed by atoms with Crippen molar-refractivity contribution in [1.29, 1.82) is 0 Å². The molecule has 5 heteroatoms. The van der Waals surface area contributed by atoms with Crippen molar-refractivity contribution in [2.24, 2.45) is 0 Å². The zero-order valence-electron chi connectivity index (χ0n) is 21.2. The molecule has 0 aliphatic rings. The second-order valence-electron chi connectivity index (χ2n) is 9.77. The summed E-state index contributed by atoms with van der Waals surface area (Å²) in [5.41, 5.74) is 5.69. The van der Waals surface area contributed by atoms with Gasteiger partial charge in [-0.2, -0.15) is 9.97 Å². The normalized spacial score (nSPS) is 11.6. The fourth-order valence-corrected chi connectivity index (χ4v) is 5.87. The van der Waals surface area contributed by atoms with Gasteiger partial charge in [-0.3, -0.25) is 0 Å². The van der Waals surface area contributed by atoms with Crippen LogP contribution < -0.4 is 0 Å². The molecule has 0 spiro atoms. The van der Waals surface area contributed by atoms with Crippen LogP contribution in [0.2, 0.25) is 5.28 Å². The van der Waals surface area contributed by atoms with E-state index in [1.807, 2.05) is 48.5 Å². The van der Waals surface area contributed by atoms with Crippen LogP contribution in [0.15, 0.2) is 126 Å². The van der Waals surface area contributed by atoms with Crippen LogP contribution in [0.4, 0.5) is 0 Å². The molecule has 40 heavy (non-hydrogen) atoms. The zero-order chi connectivity index (χ0) is 26.6. The lowest BCUT2D eigenvalue weighted by Crippen LogP contribution is -1.98. The third-order valence-electron chi connectivity index (χ3n) is 7.48. The number of furan rings is 1. The van der Waals surface area contributed by atoms with Gasteiger partial charge in [-0.15, -0.1) is 0 Å². The zero-order valence-corrected chi connectivity index (χ0v) is 21.9. The lowest BCUT2D eigenvalue weighted by atomic mass is 9.95. The topological polar surface area (TPSA) is 51.8 Å². The smallest absolute Gasteiger partial charge is 0.226 e. The van der Waals surface area contributed by atoms with Crippen molar-refractivity contribution in [2.75, 3.05) is 0 Å². The van der Waals surface area contributed by atoms with Gasteiger partial charge in [0.05, 0.1) is 0 Å². The fraction of sp³-hybridized carbons (Fsp3) is 0. The summed E-state index contributed by atoms with van der Waals surface area (Å²) in [6.45, 7) is 0. The Morgan fingerprint density at radius 3 is 1.98 bits per heavy atom. The molecule has 0 aliphatic heterocycles. The molecule has 6 aromatic carbocycles. The van der Waals surface area contributed by atoms with Crippen molar-refractivity contribution in [1.82, 2.24) is 15.0 Å². The first-order chi connectivity index (χ1) is 19.7. The Morgan fingerprint density at radius 2 is 1.12 bits per heavy atom. The molecular formula is C35H20ClN3O. The largest absolute Gasteiger partial charge is 0.455 e. The van der Waals surface area contributed by atoms with Crippen molar-refractivity contribution < 1.29 is 4.42 Å². The van der Waals surface area contributed by atoms with Crippen molar-refractivity contribution in [2.45, 2.75) is 0 Å². The second-order valence-corrected chi connectivity index (χ2v) is 10.1. The van der Waals surface area contributed by atoms with Gasteiger partial charge in [-0.25, -0.2) is 4.98 Å². The van der Waals surface area contributed by atoms with Crippen LogP contribution >= 0.6 is 11.6 Å². The summed E-state index contributed by atoms with van der Waals surface area (Å²) >= 11 is 6.56. The first-order valence-corrected chi connectivity index (χ1v) is 13.4. The highest BCUT2D eigenvalue weighted by atomic mass is 35.5. The van der Waals surface area contributed by atoms with Gasteiger partial charge in [0.1, 0.15) is 11.2 Å². The number of halogens is 1. The minimum Gasteiger partial charge on any atom is -0.455 e. The van der Waals surface area contributed by atoms with Gasteiger partial charge in [-0.05, 0) is 51.0 Å². The minimum absolute atomic E-state index is 0.145. The summed E-state index contributed by atoms with van der Waals surface area (Å²) in [4.78, 5) is 14.1. The predicted octanol–water partition coefficient (Wildman–Crippen LogP) is 9.73. The van der Waals surface area contributed by atoms with E-state index in [9.17, 15) is 0 Å². The SMILES string of the molecule is Clc1nc(-c2cccc3c(-c4ccccc4)cccc23)nc(-c2cccc3oc4c5ccccc5ccc4c23)n1. The van der Waals surface area contributed by atoms with E-state index in [1.54, 1.807) is 0 Å². The molecule has 0 fully saturated rings. The van der Waals surface area contributed by atoms with Crippen LogP contribution in [0.3, 0.4) is 0 Å². The number of nitrogens with zero attached hydrogens (tertiary/aromatic N) is 3. The van der Waals surface area contributed by atoms with Crippen LogP contribution in [0.1, 0.15) is 0 Å². The maximum atomic E-state index is 6.56. The van der Waals surface area contributed by atoms with E-state index < -0.39 is 0 Å². The summed E-state index contributed by atoms with van der Waals surface area (Å²) in [6.07, 6.45) is 0. The van der Waals surface area contributed by atoms with E-state index in [1.165, 1.54) is 0 Å². The summed E-state index contributed by atoms with van der Waals surface area (Å²) in [6, 6.07) is 41.3. The Labute approximate surface area is 234 Å². The molecule has 0 aliphatic carbocycles.